The molecule has 3 N–H and O–H groups in total. The molecule has 0 saturated carbocycles. The van der Waals surface area contributed by atoms with Crippen molar-refractivity contribution >= 4 is 45.9 Å². The van der Waals surface area contributed by atoms with Gasteiger partial charge in [0.05, 0.1) is 5.75 Å². The number of rotatable bonds is 3. The van der Waals surface area contributed by atoms with Crippen molar-refractivity contribution in [1.29, 1.82) is 5.41 Å². The summed E-state index contributed by atoms with van der Waals surface area (Å²) in [4.78, 5) is 1.13. The summed E-state index contributed by atoms with van der Waals surface area (Å²) in [6, 6.07) is 7.94. The molecule has 0 fully saturated rings. The van der Waals surface area contributed by atoms with E-state index in [1.807, 2.05) is 24.3 Å². The van der Waals surface area contributed by atoms with Gasteiger partial charge in [-0.15, -0.1) is 24.2 Å². The van der Waals surface area contributed by atoms with E-state index in [0.29, 0.717) is 5.75 Å². The molecule has 13 heavy (non-hydrogen) atoms. The van der Waals surface area contributed by atoms with Crippen molar-refractivity contribution in [3.63, 3.8) is 0 Å². The highest BCUT2D eigenvalue weighted by Crippen LogP contribution is 2.19. The van der Waals surface area contributed by atoms with Crippen LogP contribution in [0, 0.1) is 5.41 Å². The maximum atomic E-state index is 7.03. The quantitative estimate of drug-likeness (QED) is 0.508. The summed E-state index contributed by atoms with van der Waals surface area (Å²) in [6.07, 6.45) is 0. The molecule has 2 nitrogen and oxygen atoms in total. The second kappa shape index (κ2) is 6.29. The van der Waals surface area contributed by atoms with Crippen molar-refractivity contribution in [2.24, 2.45) is 5.73 Å². The topological polar surface area (TPSA) is 49.9 Å². The Kier molecular flexibility index (Phi) is 6.20. The maximum Gasteiger partial charge on any atom is 0.101 e. The average Bonchev–Trinajstić information content (AvgIpc) is 2.03. The average molecular weight is 282 g/mol. The van der Waals surface area contributed by atoms with Gasteiger partial charge in [0, 0.05) is 9.37 Å². The molecule has 0 aliphatic rings. The van der Waals surface area contributed by atoms with Crippen molar-refractivity contribution in [1.82, 2.24) is 0 Å². The predicted octanol–water partition coefficient (Wildman–Crippen LogP) is 2.90. The second-order valence-electron chi connectivity index (χ2n) is 2.27. The minimum atomic E-state index is 0. The van der Waals surface area contributed by atoms with E-state index in [2.05, 4.69) is 15.9 Å². The highest BCUT2D eigenvalue weighted by molar-refractivity contribution is 9.10. The minimum Gasteiger partial charge on any atom is -0.387 e. The monoisotopic (exact) mass is 280 g/mol. The number of amidine groups is 1. The Hall–Kier alpha value is -0.190. The first-order chi connectivity index (χ1) is 5.68. The summed E-state index contributed by atoms with van der Waals surface area (Å²) in [7, 11) is 0. The van der Waals surface area contributed by atoms with Crippen LogP contribution >= 0.6 is 40.1 Å². The standard InChI is InChI=1S/C8H9BrN2S.ClH/c9-6-1-3-7(4-2-6)12-5-8(10)11;/h1-4H,5H2,(H3,10,11);1H. The van der Waals surface area contributed by atoms with Crippen molar-refractivity contribution in [3.05, 3.63) is 28.7 Å². The van der Waals surface area contributed by atoms with Gasteiger partial charge < -0.3 is 5.73 Å². The fourth-order valence-electron chi connectivity index (χ4n) is 0.692. The molecular formula is C8H10BrClN2S. The molecule has 0 amide bonds. The van der Waals surface area contributed by atoms with E-state index in [1.54, 1.807) is 11.8 Å². The Morgan fingerprint density at radius 2 is 1.92 bits per heavy atom. The van der Waals surface area contributed by atoms with Crippen LogP contribution in [0.15, 0.2) is 33.6 Å². The number of hydrogen-bond acceptors (Lipinski definition) is 2. The van der Waals surface area contributed by atoms with Crippen LogP contribution in [0.4, 0.5) is 0 Å². The van der Waals surface area contributed by atoms with Crippen LogP contribution in [-0.4, -0.2) is 11.6 Å². The van der Waals surface area contributed by atoms with E-state index in [9.17, 15) is 0 Å². The molecule has 0 heterocycles. The van der Waals surface area contributed by atoms with Crippen LogP contribution in [0.2, 0.25) is 0 Å². The normalized spacial score (nSPS) is 9.00. The zero-order valence-corrected chi connectivity index (χ0v) is 10.0. The summed E-state index contributed by atoms with van der Waals surface area (Å²) in [5.74, 6) is 0.768. The summed E-state index contributed by atoms with van der Waals surface area (Å²) in [5.41, 5.74) is 5.22. The van der Waals surface area contributed by atoms with Crippen LogP contribution in [0.1, 0.15) is 0 Å². The molecule has 0 radical (unpaired) electrons. The Bertz CT molecular complexity index is 276. The molecule has 5 heteroatoms. The third kappa shape index (κ3) is 5.18. The van der Waals surface area contributed by atoms with E-state index >= 15 is 0 Å². The van der Waals surface area contributed by atoms with Crippen molar-refractivity contribution in [2.45, 2.75) is 4.90 Å². The van der Waals surface area contributed by atoms with Gasteiger partial charge in [0.1, 0.15) is 5.84 Å². The Balaban J connectivity index is 0.00000144. The number of nitrogens with two attached hydrogens (primary N) is 1. The Morgan fingerprint density at radius 1 is 1.38 bits per heavy atom. The molecule has 0 aromatic heterocycles. The number of hydrogen-bond donors (Lipinski definition) is 2. The van der Waals surface area contributed by atoms with Gasteiger partial charge in [-0.05, 0) is 24.3 Å². The first kappa shape index (κ1) is 12.8. The van der Waals surface area contributed by atoms with E-state index in [-0.39, 0.29) is 18.2 Å². The van der Waals surface area contributed by atoms with Crippen LogP contribution in [-0.2, 0) is 0 Å². The van der Waals surface area contributed by atoms with E-state index < -0.39 is 0 Å². The van der Waals surface area contributed by atoms with Crippen LogP contribution in [0.25, 0.3) is 0 Å². The molecule has 72 valence electrons. The van der Waals surface area contributed by atoms with Crippen molar-refractivity contribution in [2.75, 3.05) is 5.75 Å². The van der Waals surface area contributed by atoms with E-state index in [1.165, 1.54) is 0 Å². The SMILES string of the molecule is Cl.N=C(N)CSc1ccc(Br)cc1. The van der Waals surface area contributed by atoms with Crippen molar-refractivity contribution < 1.29 is 0 Å². The van der Waals surface area contributed by atoms with Gasteiger partial charge >= 0.3 is 0 Å². The fraction of sp³-hybridized carbons (Fsp3) is 0.125. The van der Waals surface area contributed by atoms with Crippen LogP contribution in [0.5, 0.6) is 0 Å². The van der Waals surface area contributed by atoms with Gasteiger partial charge in [-0.3, -0.25) is 5.41 Å². The lowest BCUT2D eigenvalue weighted by molar-refractivity contribution is 1.41. The Morgan fingerprint density at radius 3 is 2.38 bits per heavy atom. The number of nitrogens with one attached hydrogen (secondary N) is 1. The second-order valence-corrected chi connectivity index (χ2v) is 4.23. The van der Waals surface area contributed by atoms with Gasteiger partial charge in [-0.25, -0.2) is 0 Å². The number of halogens is 2. The van der Waals surface area contributed by atoms with E-state index in [4.69, 9.17) is 11.1 Å². The lowest BCUT2D eigenvalue weighted by atomic mass is 10.4. The lowest BCUT2D eigenvalue weighted by Crippen LogP contribution is -2.11. The first-order valence-electron chi connectivity index (χ1n) is 3.40. The predicted molar refractivity (Wildman–Crippen MR) is 64.0 cm³/mol. The summed E-state index contributed by atoms with van der Waals surface area (Å²) in [5, 5.41) is 7.03. The molecule has 1 aromatic rings. The van der Waals surface area contributed by atoms with E-state index in [0.717, 1.165) is 9.37 Å². The molecule has 0 unspecified atom stereocenters. The van der Waals surface area contributed by atoms with Gasteiger partial charge in [0.25, 0.3) is 0 Å². The van der Waals surface area contributed by atoms with Crippen LogP contribution < -0.4 is 5.73 Å². The lowest BCUT2D eigenvalue weighted by Gasteiger charge is -1.99. The largest absolute Gasteiger partial charge is 0.387 e. The molecule has 0 spiro atoms. The summed E-state index contributed by atoms with van der Waals surface area (Å²) < 4.78 is 1.06. The minimum absolute atomic E-state index is 0. The highest BCUT2D eigenvalue weighted by Gasteiger charge is 1.94. The van der Waals surface area contributed by atoms with Crippen molar-refractivity contribution in [3.8, 4) is 0 Å². The van der Waals surface area contributed by atoms with Gasteiger partial charge in [0.2, 0.25) is 0 Å². The van der Waals surface area contributed by atoms with Gasteiger partial charge in [0.15, 0.2) is 0 Å². The number of benzene rings is 1. The molecule has 0 aliphatic carbocycles. The number of thioether (sulfide) groups is 1. The first-order valence-corrected chi connectivity index (χ1v) is 5.17. The van der Waals surface area contributed by atoms with Crippen LogP contribution in [0.3, 0.4) is 0 Å². The molecule has 1 rings (SSSR count). The molecule has 0 saturated heterocycles. The molecule has 1 aromatic carbocycles. The maximum absolute atomic E-state index is 7.03. The fourth-order valence-corrected chi connectivity index (χ4v) is 1.61. The smallest absolute Gasteiger partial charge is 0.101 e. The third-order valence-electron chi connectivity index (χ3n) is 1.21. The molecule has 0 atom stereocenters. The Labute approximate surface area is 96.3 Å². The van der Waals surface area contributed by atoms with Gasteiger partial charge in [-0.1, -0.05) is 15.9 Å². The zero-order chi connectivity index (χ0) is 8.97. The molecular weight excluding hydrogens is 272 g/mol. The summed E-state index contributed by atoms with van der Waals surface area (Å²) in [6.45, 7) is 0. The molecule has 0 aliphatic heterocycles. The summed E-state index contributed by atoms with van der Waals surface area (Å²) >= 11 is 4.92. The van der Waals surface area contributed by atoms with Gasteiger partial charge in [-0.2, -0.15) is 0 Å². The molecule has 0 bridgehead atoms. The highest BCUT2D eigenvalue weighted by atomic mass is 79.9. The third-order valence-corrected chi connectivity index (χ3v) is 2.80. The zero-order valence-electron chi connectivity index (χ0n) is 6.79.